The number of likely N-dealkylation sites (tertiary alicyclic amines) is 1. The number of oxazole rings is 1. The molecule has 1 atom stereocenters. The van der Waals surface area contributed by atoms with Gasteiger partial charge in [-0.15, -0.1) is 0 Å². The molecular weight excluding hydrogens is 342 g/mol. The number of nitrogens with one attached hydrogen (secondary N) is 1. The standard InChI is InChI=1S/C17H27N3O4S/c1-12-13(2)24-16(19-12)11-20-7-5-14(6-8-20)10-18-17(21)15-4-3-9-25(15,22)23/h14-15H,3-11H2,1-2H3,(H,18,21). The summed E-state index contributed by atoms with van der Waals surface area (Å²) in [5.41, 5.74) is 0.939. The zero-order valence-corrected chi connectivity index (χ0v) is 15.8. The molecule has 25 heavy (non-hydrogen) atoms. The number of nitrogens with zero attached hydrogens (tertiary/aromatic N) is 2. The van der Waals surface area contributed by atoms with Crippen molar-refractivity contribution in [1.82, 2.24) is 15.2 Å². The predicted octanol–water partition coefficient (Wildman–Crippen LogP) is 1.20. The molecule has 2 aliphatic heterocycles. The quantitative estimate of drug-likeness (QED) is 0.838. The van der Waals surface area contributed by atoms with Gasteiger partial charge in [-0.05, 0) is 58.5 Å². The first-order chi connectivity index (χ1) is 11.8. The summed E-state index contributed by atoms with van der Waals surface area (Å²) in [6, 6.07) is 0. The second-order valence-corrected chi connectivity index (χ2v) is 9.51. The van der Waals surface area contributed by atoms with E-state index in [1.807, 2.05) is 13.8 Å². The predicted molar refractivity (Wildman–Crippen MR) is 93.8 cm³/mol. The lowest BCUT2D eigenvalue weighted by molar-refractivity contribution is -0.120. The van der Waals surface area contributed by atoms with E-state index in [4.69, 9.17) is 4.42 Å². The van der Waals surface area contributed by atoms with Crippen LogP contribution in [0.3, 0.4) is 0 Å². The van der Waals surface area contributed by atoms with Gasteiger partial charge < -0.3 is 9.73 Å². The number of carbonyl (C=O) groups excluding carboxylic acids is 1. The van der Waals surface area contributed by atoms with E-state index in [1.165, 1.54) is 0 Å². The van der Waals surface area contributed by atoms with Crippen molar-refractivity contribution in [3.8, 4) is 0 Å². The van der Waals surface area contributed by atoms with Crippen molar-refractivity contribution >= 4 is 15.7 Å². The van der Waals surface area contributed by atoms with Gasteiger partial charge in [0.25, 0.3) is 0 Å². The highest BCUT2D eigenvalue weighted by molar-refractivity contribution is 7.93. The number of hydrogen-bond acceptors (Lipinski definition) is 6. The second-order valence-electron chi connectivity index (χ2n) is 7.21. The lowest BCUT2D eigenvalue weighted by Crippen LogP contribution is -2.42. The van der Waals surface area contributed by atoms with Gasteiger partial charge >= 0.3 is 0 Å². The van der Waals surface area contributed by atoms with Crippen LogP contribution in [0.5, 0.6) is 0 Å². The van der Waals surface area contributed by atoms with Crippen LogP contribution in [0.1, 0.15) is 43.0 Å². The fourth-order valence-corrected chi connectivity index (χ4v) is 5.38. The van der Waals surface area contributed by atoms with Crippen LogP contribution in [0.25, 0.3) is 0 Å². The molecule has 3 heterocycles. The first kappa shape index (κ1) is 18.4. The Morgan fingerprint density at radius 3 is 2.56 bits per heavy atom. The van der Waals surface area contributed by atoms with E-state index >= 15 is 0 Å². The van der Waals surface area contributed by atoms with Gasteiger partial charge in [0.05, 0.1) is 18.0 Å². The van der Waals surface area contributed by atoms with E-state index in [-0.39, 0.29) is 11.7 Å². The van der Waals surface area contributed by atoms with Gasteiger partial charge in [0.1, 0.15) is 11.0 Å². The normalized spacial score (nSPS) is 24.5. The monoisotopic (exact) mass is 369 g/mol. The molecule has 2 aliphatic rings. The number of aryl methyl sites for hydroxylation is 2. The highest BCUT2D eigenvalue weighted by Gasteiger charge is 2.37. The summed E-state index contributed by atoms with van der Waals surface area (Å²) in [5, 5.41) is 2.03. The van der Waals surface area contributed by atoms with Crippen molar-refractivity contribution in [1.29, 1.82) is 0 Å². The highest BCUT2D eigenvalue weighted by Crippen LogP contribution is 2.22. The average Bonchev–Trinajstić information content (AvgIpc) is 3.07. The van der Waals surface area contributed by atoms with Gasteiger partial charge in [-0.1, -0.05) is 0 Å². The van der Waals surface area contributed by atoms with Crippen LogP contribution in [-0.4, -0.2) is 54.8 Å². The van der Waals surface area contributed by atoms with Gasteiger partial charge in [-0.3, -0.25) is 9.69 Å². The van der Waals surface area contributed by atoms with Gasteiger partial charge in [0, 0.05) is 6.54 Å². The van der Waals surface area contributed by atoms with Crippen molar-refractivity contribution < 1.29 is 17.6 Å². The summed E-state index contributed by atoms with van der Waals surface area (Å²) < 4.78 is 29.3. The Morgan fingerprint density at radius 1 is 1.28 bits per heavy atom. The minimum atomic E-state index is -3.22. The van der Waals surface area contributed by atoms with Crippen LogP contribution in [0, 0.1) is 19.8 Å². The smallest absolute Gasteiger partial charge is 0.238 e. The van der Waals surface area contributed by atoms with E-state index in [9.17, 15) is 13.2 Å². The minimum Gasteiger partial charge on any atom is -0.444 e. The Hall–Kier alpha value is -1.41. The molecule has 1 amide bonds. The van der Waals surface area contributed by atoms with Crippen molar-refractivity contribution in [3.05, 3.63) is 17.3 Å². The van der Waals surface area contributed by atoms with E-state index < -0.39 is 15.1 Å². The Balaban J connectivity index is 1.41. The van der Waals surface area contributed by atoms with Crippen LogP contribution in [0.4, 0.5) is 0 Å². The highest BCUT2D eigenvalue weighted by atomic mass is 32.2. The lowest BCUT2D eigenvalue weighted by Gasteiger charge is -2.31. The molecule has 7 nitrogen and oxygen atoms in total. The first-order valence-corrected chi connectivity index (χ1v) is 10.7. The Labute approximate surface area is 149 Å². The summed E-state index contributed by atoms with van der Waals surface area (Å²) in [7, 11) is -3.22. The summed E-state index contributed by atoms with van der Waals surface area (Å²) in [6.45, 7) is 7.02. The van der Waals surface area contributed by atoms with Crippen molar-refractivity contribution in [2.24, 2.45) is 5.92 Å². The molecule has 0 saturated carbocycles. The van der Waals surface area contributed by atoms with Crippen molar-refractivity contribution in [2.45, 2.75) is 51.3 Å². The van der Waals surface area contributed by atoms with E-state index in [0.717, 1.165) is 43.3 Å². The largest absolute Gasteiger partial charge is 0.444 e. The third-order valence-electron chi connectivity index (χ3n) is 5.32. The van der Waals surface area contributed by atoms with Crippen LogP contribution in [-0.2, 0) is 21.2 Å². The molecule has 140 valence electrons. The number of amides is 1. The number of sulfone groups is 1. The molecular formula is C17H27N3O4S. The van der Waals surface area contributed by atoms with Crippen molar-refractivity contribution in [3.63, 3.8) is 0 Å². The zero-order valence-electron chi connectivity index (χ0n) is 15.0. The molecule has 3 rings (SSSR count). The van der Waals surface area contributed by atoms with Crippen LogP contribution >= 0.6 is 0 Å². The lowest BCUT2D eigenvalue weighted by atomic mass is 9.96. The molecule has 2 fully saturated rings. The van der Waals surface area contributed by atoms with Gasteiger partial charge in [0.2, 0.25) is 11.8 Å². The fourth-order valence-electron chi connectivity index (χ4n) is 3.59. The molecule has 0 radical (unpaired) electrons. The summed E-state index contributed by atoms with van der Waals surface area (Å²) >= 11 is 0. The maximum atomic E-state index is 12.1. The summed E-state index contributed by atoms with van der Waals surface area (Å²) in [5.74, 6) is 1.86. The van der Waals surface area contributed by atoms with Crippen molar-refractivity contribution in [2.75, 3.05) is 25.4 Å². The van der Waals surface area contributed by atoms with Crippen LogP contribution in [0.15, 0.2) is 4.42 Å². The average molecular weight is 369 g/mol. The molecule has 1 unspecified atom stereocenters. The van der Waals surface area contributed by atoms with E-state index in [0.29, 0.717) is 31.8 Å². The summed E-state index contributed by atoms with van der Waals surface area (Å²) in [6.07, 6.45) is 3.02. The third-order valence-corrected chi connectivity index (χ3v) is 7.50. The second kappa shape index (κ2) is 7.45. The number of piperidine rings is 1. The molecule has 8 heteroatoms. The van der Waals surface area contributed by atoms with Crippen LogP contribution < -0.4 is 5.32 Å². The molecule has 0 spiro atoms. The molecule has 0 aliphatic carbocycles. The zero-order chi connectivity index (χ0) is 18.0. The number of carbonyl (C=O) groups is 1. The van der Waals surface area contributed by atoms with Gasteiger partial charge in [0.15, 0.2) is 9.84 Å². The SMILES string of the molecule is Cc1nc(CN2CCC(CNC(=O)C3CCCS3(=O)=O)CC2)oc1C. The molecule has 1 aromatic heterocycles. The van der Waals surface area contributed by atoms with Gasteiger partial charge in [-0.2, -0.15) is 0 Å². The molecule has 0 aromatic carbocycles. The number of hydrogen-bond donors (Lipinski definition) is 1. The third kappa shape index (κ3) is 4.41. The maximum absolute atomic E-state index is 12.1. The Bertz CT molecular complexity index is 701. The van der Waals surface area contributed by atoms with Gasteiger partial charge in [-0.25, -0.2) is 13.4 Å². The fraction of sp³-hybridized carbons (Fsp3) is 0.765. The topological polar surface area (TPSA) is 92.5 Å². The van der Waals surface area contributed by atoms with Crippen LogP contribution in [0.2, 0.25) is 0 Å². The Morgan fingerprint density at radius 2 is 2.00 bits per heavy atom. The first-order valence-electron chi connectivity index (χ1n) is 8.99. The molecule has 1 aromatic rings. The molecule has 2 saturated heterocycles. The van der Waals surface area contributed by atoms with E-state index in [1.54, 1.807) is 0 Å². The minimum absolute atomic E-state index is 0.142. The maximum Gasteiger partial charge on any atom is 0.238 e. The van der Waals surface area contributed by atoms with E-state index in [2.05, 4.69) is 15.2 Å². The number of rotatable bonds is 5. The molecule has 0 bridgehead atoms. The number of aromatic nitrogens is 1. The Kier molecular flexibility index (Phi) is 5.48. The summed E-state index contributed by atoms with van der Waals surface area (Å²) in [4.78, 5) is 18.9. The molecule has 1 N–H and O–H groups in total.